The molecule has 0 atom stereocenters. The number of esters is 1. The number of rotatable bonds is 5. The van der Waals surface area contributed by atoms with Gasteiger partial charge in [-0.1, -0.05) is 12.1 Å². The van der Waals surface area contributed by atoms with Gasteiger partial charge in [-0.15, -0.1) is 0 Å². The molecule has 4 rings (SSSR count). The minimum Gasteiger partial charge on any atom is -0.465 e. The number of carbonyl (C=O) groups is 1. The largest absolute Gasteiger partial charge is 0.465 e. The maximum absolute atomic E-state index is 12.3. The lowest BCUT2D eigenvalue weighted by molar-refractivity contribution is -0.384. The van der Waals surface area contributed by atoms with Gasteiger partial charge in [0.2, 0.25) is 0 Å². The smallest absolute Gasteiger partial charge is 0.340 e. The van der Waals surface area contributed by atoms with E-state index < -0.39 is 4.92 Å². The Balaban J connectivity index is 1.64. The van der Waals surface area contributed by atoms with Crippen LogP contribution in [0.2, 0.25) is 0 Å². The maximum atomic E-state index is 12.3. The lowest BCUT2D eigenvalue weighted by Crippen LogP contribution is -2.15. The molecule has 0 spiro atoms. The lowest BCUT2D eigenvalue weighted by Gasteiger charge is -2.18. The van der Waals surface area contributed by atoms with Crippen molar-refractivity contribution in [1.29, 1.82) is 0 Å². The monoisotopic (exact) mass is 366 g/mol. The molecule has 1 aromatic carbocycles. The second kappa shape index (κ2) is 6.71. The van der Waals surface area contributed by atoms with Gasteiger partial charge in [0.05, 0.1) is 23.2 Å². The summed E-state index contributed by atoms with van der Waals surface area (Å²) in [7, 11) is 1.37. The van der Waals surface area contributed by atoms with Gasteiger partial charge in [0, 0.05) is 55.9 Å². The highest BCUT2D eigenvalue weighted by molar-refractivity contribution is 5.97. The molecule has 138 valence electrons. The highest BCUT2D eigenvalue weighted by Gasteiger charge is 2.28. The highest BCUT2D eigenvalue weighted by Crippen LogP contribution is 2.33. The Hall–Kier alpha value is -3.42. The summed E-state index contributed by atoms with van der Waals surface area (Å²) < 4.78 is 9.06. The van der Waals surface area contributed by atoms with Gasteiger partial charge in [-0.25, -0.2) is 9.78 Å². The number of methoxy groups -OCH3 is 1. The predicted octanol–water partition coefficient (Wildman–Crippen LogP) is 2.85. The van der Waals surface area contributed by atoms with Crippen molar-refractivity contribution >= 4 is 11.7 Å². The van der Waals surface area contributed by atoms with Crippen LogP contribution in [0.1, 0.15) is 21.6 Å². The standard InChI is InChI=1S/C19H18N4O4/c1-27-19(24)15-12-22(9-6-13-2-4-14(5-3-13)23(25)26)16-7-10-21-11-8-20-18(21)17(15)16/h2-5,8,11-12H,6-7,9-10H2,1H3. The first kappa shape index (κ1) is 17.0. The summed E-state index contributed by atoms with van der Waals surface area (Å²) in [5.74, 6) is 0.405. The third kappa shape index (κ3) is 2.99. The van der Waals surface area contributed by atoms with Gasteiger partial charge in [0.1, 0.15) is 5.82 Å². The molecule has 1 aliphatic rings. The Morgan fingerprint density at radius 3 is 2.81 bits per heavy atom. The van der Waals surface area contributed by atoms with Gasteiger partial charge in [-0.2, -0.15) is 0 Å². The van der Waals surface area contributed by atoms with Gasteiger partial charge < -0.3 is 13.9 Å². The molecule has 3 aromatic rings. The minimum atomic E-state index is -0.406. The number of hydrogen-bond donors (Lipinski definition) is 0. The average Bonchev–Trinajstić information content (AvgIpc) is 3.30. The van der Waals surface area contributed by atoms with E-state index in [2.05, 4.69) is 9.55 Å². The summed E-state index contributed by atoms with van der Waals surface area (Å²) in [4.78, 5) is 27.1. The molecular weight excluding hydrogens is 348 g/mol. The van der Waals surface area contributed by atoms with Crippen LogP contribution in [0.3, 0.4) is 0 Å². The van der Waals surface area contributed by atoms with Crippen molar-refractivity contribution in [2.45, 2.75) is 25.9 Å². The molecule has 0 N–H and O–H groups in total. The fraction of sp³-hybridized carbons (Fsp3) is 0.263. The van der Waals surface area contributed by atoms with Crippen LogP contribution in [-0.4, -0.2) is 32.1 Å². The number of imidazole rings is 1. The molecular formula is C19H18N4O4. The molecule has 0 amide bonds. The van der Waals surface area contributed by atoms with Crippen LogP contribution in [0, 0.1) is 10.1 Å². The summed E-state index contributed by atoms with van der Waals surface area (Å²) in [5.41, 5.74) is 3.50. The highest BCUT2D eigenvalue weighted by atomic mass is 16.6. The molecule has 3 heterocycles. The van der Waals surface area contributed by atoms with Crippen LogP contribution in [0.15, 0.2) is 42.9 Å². The van der Waals surface area contributed by atoms with Crippen LogP contribution < -0.4 is 0 Å². The van der Waals surface area contributed by atoms with E-state index in [1.807, 2.05) is 17.0 Å². The zero-order valence-electron chi connectivity index (χ0n) is 14.8. The summed E-state index contributed by atoms with van der Waals surface area (Å²) in [6.07, 6.45) is 6.98. The van der Waals surface area contributed by atoms with E-state index >= 15 is 0 Å². The van der Waals surface area contributed by atoms with Crippen LogP contribution in [0.25, 0.3) is 11.4 Å². The van der Waals surface area contributed by atoms with Crippen molar-refractivity contribution in [3.05, 3.63) is 69.8 Å². The zero-order chi connectivity index (χ0) is 19.0. The molecule has 0 saturated heterocycles. The molecule has 0 bridgehead atoms. The van der Waals surface area contributed by atoms with Gasteiger partial charge in [0.15, 0.2) is 0 Å². The molecule has 27 heavy (non-hydrogen) atoms. The van der Waals surface area contributed by atoms with Crippen molar-refractivity contribution in [3.63, 3.8) is 0 Å². The first-order valence-corrected chi connectivity index (χ1v) is 8.63. The summed E-state index contributed by atoms with van der Waals surface area (Å²) in [6, 6.07) is 6.55. The second-order valence-electron chi connectivity index (χ2n) is 6.42. The van der Waals surface area contributed by atoms with Crippen molar-refractivity contribution in [3.8, 4) is 11.4 Å². The second-order valence-corrected chi connectivity index (χ2v) is 6.42. The van der Waals surface area contributed by atoms with Crippen molar-refractivity contribution < 1.29 is 14.5 Å². The first-order chi connectivity index (χ1) is 13.1. The van der Waals surface area contributed by atoms with Crippen LogP contribution in [0.5, 0.6) is 0 Å². The minimum absolute atomic E-state index is 0.0805. The number of non-ortho nitro benzene ring substituents is 1. The van der Waals surface area contributed by atoms with Gasteiger partial charge >= 0.3 is 5.97 Å². The zero-order valence-corrected chi connectivity index (χ0v) is 14.8. The number of nitro groups is 1. The van der Waals surface area contributed by atoms with E-state index in [-0.39, 0.29) is 11.7 Å². The number of aromatic nitrogens is 3. The summed E-state index contributed by atoms with van der Waals surface area (Å²) >= 11 is 0. The Labute approximate surface area is 155 Å². The molecule has 0 aliphatic carbocycles. The van der Waals surface area contributed by atoms with E-state index in [0.717, 1.165) is 35.6 Å². The normalized spacial score (nSPS) is 12.3. The number of ether oxygens (including phenoxy) is 1. The lowest BCUT2D eigenvalue weighted by atomic mass is 10.0. The average molecular weight is 366 g/mol. The summed E-state index contributed by atoms with van der Waals surface area (Å²) in [5, 5.41) is 10.8. The molecule has 0 radical (unpaired) electrons. The topological polar surface area (TPSA) is 92.2 Å². The van der Waals surface area contributed by atoms with E-state index in [9.17, 15) is 14.9 Å². The maximum Gasteiger partial charge on any atom is 0.340 e. The summed E-state index contributed by atoms with van der Waals surface area (Å²) in [6.45, 7) is 1.47. The van der Waals surface area contributed by atoms with Gasteiger partial charge in [0.25, 0.3) is 5.69 Å². The number of nitrogens with zero attached hydrogens (tertiary/aromatic N) is 4. The Bertz CT molecular complexity index is 1020. The van der Waals surface area contributed by atoms with Crippen LogP contribution >= 0.6 is 0 Å². The van der Waals surface area contributed by atoms with Gasteiger partial charge in [-0.05, 0) is 12.0 Å². The molecule has 0 saturated carbocycles. The quantitative estimate of drug-likeness (QED) is 0.393. The fourth-order valence-corrected chi connectivity index (χ4v) is 3.56. The van der Waals surface area contributed by atoms with E-state index in [0.29, 0.717) is 18.5 Å². The Morgan fingerprint density at radius 1 is 1.33 bits per heavy atom. The molecule has 8 heteroatoms. The van der Waals surface area contributed by atoms with Crippen molar-refractivity contribution in [2.75, 3.05) is 7.11 Å². The van der Waals surface area contributed by atoms with Crippen LogP contribution in [-0.2, 0) is 30.7 Å². The number of fused-ring (bicyclic) bond motifs is 3. The number of benzene rings is 1. The number of aryl methyl sites for hydroxylation is 3. The third-order valence-corrected chi connectivity index (χ3v) is 4.91. The Morgan fingerprint density at radius 2 is 2.11 bits per heavy atom. The third-order valence-electron chi connectivity index (χ3n) is 4.91. The molecule has 0 unspecified atom stereocenters. The van der Waals surface area contributed by atoms with E-state index in [1.54, 1.807) is 18.3 Å². The number of hydrogen-bond acceptors (Lipinski definition) is 5. The fourth-order valence-electron chi connectivity index (χ4n) is 3.56. The SMILES string of the molecule is COC(=O)c1cn(CCc2ccc([N+](=O)[O-])cc2)c2c1-c1nccn1CC2. The van der Waals surface area contributed by atoms with Crippen LogP contribution in [0.4, 0.5) is 5.69 Å². The first-order valence-electron chi connectivity index (χ1n) is 8.63. The molecule has 8 nitrogen and oxygen atoms in total. The van der Waals surface area contributed by atoms with Gasteiger partial charge in [-0.3, -0.25) is 10.1 Å². The molecule has 1 aliphatic heterocycles. The Kier molecular flexibility index (Phi) is 4.23. The predicted molar refractivity (Wildman–Crippen MR) is 97.5 cm³/mol. The van der Waals surface area contributed by atoms with Crippen molar-refractivity contribution in [2.24, 2.45) is 0 Å². The number of nitro benzene ring substituents is 1. The number of carbonyl (C=O) groups excluding carboxylic acids is 1. The molecule has 2 aromatic heterocycles. The molecule has 0 fully saturated rings. The van der Waals surface area contributed by atoms with E-state index in [1.165, 1.54) is 19.2 Å². The van der Waals surface area contributed by atoms with E-state index in [4.69, 9.17) is 4.74 Å². The van der Waals surface area contributed by atoms with Crippen molar-refractivity contribution in [1.82, 2.24) is 14.1 Å².